The number of nitrogens with two attached hydrogens (primary N) is 2. The molecular formula is C13H13BrN4O. The lowest BCUT2D eigenvalue weighted by Gasteiger charge is -2.08. The summed E-state index contributed by atoms with van der Waals surface area (Å²) in [5.74, 6) is 0.0800. The molecule has 0 atom stereocenters. The molecule has 0 aliphatic heterocycles. The van der Waals surface area contributed by atoms with Crippen LogP contribution < -0.4 is 11.5 Å². The van der Waals surface area contributed by atoms with Crippen molar-refractivity contribution in [3.63, 3.8) is 0 Å². The molecule has 2 rings (SSSR count). The summed E-state index contributed by atoms with van der Waals surface area (Å²) in [6, 6.07) is 7.79. The normalized spacial score (nSPS) is 10.4. The first-order chi connectivity index (χ1) is 8.99. The van der Waals surface area contributed by atoms with Gasteiger partial charge in [0, 0.05) is 10.9 Å². The molecular weight excluding hydrogens is 308 g/mol. The number of primary amides is 1. The van der Waals surface area contributed by atoms with Gasteiger partial charge in [0.25, 0.3) is 5.91 Å². The largest absolute Gasteiger partial charge is 0.383 e. The van der Waals surface area contributed by atoms with Crippen molar-refractivity contribution >= 4 is 27.7 Å². The van der Waals surface area contributed by atoms with Crippen LogP contribution in [0.3, 0.4) is 0 Å². The van der Waals surface area contributed by atoms with E-state index in [0.717, 1.165) is 10.0 Å². The van der Waals surface area contributed by atoms with E-state index in [2.05, 4.69) is 25.9 Å². The van der Waals surface area contributed by atoms with E-state index in [0.29, 0.717) is 17.9 Å². The van der Waals surface area contributed by atoms with Crippen LogP contribution >= 0.6 is 15.9 Å². The Balaban J connectivity index is 2.38. The van der Waals surface area contributed by atoms with E-state index in [1.54, 1.807) is 6.92 Å². The maximum Gasteiger partial charge on any atom is 0.254 e. The molecule has 0 unspecified atom stereocenters. The van der Waals surface area contributed by atoms with Crippen LogP contribution in [0.25, 0.3) is 0 Å². The Morgan fingerprint density at radius 3 is 2.58 bits per heavy atom. The molecule has 1 aromatic carbocycles. The third kappa shape index (κ3) is 2.90. The van der Waals surface area contributed by atoms with E-state index in [4.69, 9.17) is 11.5 Å². The molecule has 19 heavy (non-hydrogen) atoms. The van der Waals surface area contributed by atoms with Gasteiger partial charge in [-0.25, -0.2) is 9.97 Å². The molecule has 0 saturated carbocycles. The number of amides is 1. The Hall–Kier alpha value is -1.95. The molecule has 0 radical (unpaired) electrons. The summed E-state index contributed by atoms with van der Waals surface area (Å²) >= 11 is 3.47. The zero-order chi connectivity index (χ0) is 14.0. The minimum absolute atomic E-state index is 0.127. The van der Waals surface area contributed by atoms with Crippen molar-refractivity contribution in [2.75, 3.05) is 5.73 Å². The van der Waals surface area contributed by atoms with E-state index in [1.165, 1.54) is 0 Å². The van der Waals surface area contributed by atoms with E-state index in [9.17, 15) is 4.79 Å². The molecule has 0 fully saturated rings. The van der Waals surface area contributed by atoms with Crippen molar-refractivity contribution in [2.45, 2.75) is 13.3 Å². The highest BCUT2D eigenvalue weighted by molar-refractivity contribution is 9.10. The van der Waals surface area contributed by atoms with Crippen LogP contribution in [0.4, 0.5) is 5.82 Å². The van der Waals surface area contributed by atoms with Crippen LogP contribution in [0, 0.1) is 6.92 Å². The van der Waals surface area contributed by atoms with Gasteiger partial charge in [-0.05, 0) is 18.6 Å². The Kier molecular flexibility index (Phi) is 3.80. The number of hydrogen-bond donors (Lipinski definition) is 2. The van der Waals surface area contributed by atoms with Gasteiger partial charge in [0.2, 0.25) is 0 Å². The topological polar surface area (TPSA) is 94.9 Å². The first-order valence-corrected chi connectivity index (χ1v) is 6.44. The predicted molar refractivity (Wildman–Crippen MR) is 76.6 cm³/mol. The van der Waals surface area contributed by atoms with Crippen LogP contribution in [0.5, 0.6) is 0 Å². The Morgan fingerprint density at radius 1 is 1.32 bits per heavy atom. The lowest BCUT2D eigenvalue weighted by molar-refractivity contribution is 0.1000. The Morgan fingerprint density at radius 2 is 2.00 bits per heavy atom. The standard InChI is InChI=1S/C13H13BrN4O/c1-7-11(13(16)19)12(15)18-10(17-7)6-8-4-2-3-5-9(8)14/h2-5H,6H2,1H3,(H2,16,19)(H2,15,17,18). The number of aromatic nitrogens is 2. The van der Waals surface area contributed by atoms with Crippen molar-refractivity contribution in [1.82, 2.24) is 9.97 Å². The van der Waals surface area contributed by atoms with Crippen LogP contribution in [0.2, 0.25) is 0 Å². The molecule has 0 bridgehead atoms. The van der Waals surface area contributed by atoms with E-state index in [1.807, 2.05) is 24.3 Å². The van der Waals surface area contributed by atoms with Crippen LogP contribution in [0.15, 0.2) is 28.7 Å². The number of aryl methyl sites for hydroxylation is 1. The van der Waals surface area contributed by atoms with Gasteiger partial charge >= 0.3 is 0 Å². The smallest absolute Gasteiger partial charge is 0.254 e. The van der Waals surface area contributed by atoms with Crippen LogP contribution in [-0.2, 0) is 6.42 Å². The van der Waals surface area contributed by atoms with Crippen LogP contribution in [-0.4, -0.2) is 15.9 Å². The highest BCUT2D eigenvalue weighted by Gasteiger charge is 2.14. The van der Waals surface area contributed by atoms with E-state index < -0.39 is 5.91 Å². The number of hydrogen-bond acceptors (Lipinski definition) is 4. The number of nitrogen functional groups attached to an aromatic ring is 1. The van der Waals surface area contributed by atoms with Gasteiger partial charge < -0.3 is 11.5 Å². The van der Waals surface area contributed by atoms with Gasteiger partial charge in [-0.1, -0.05) is 34.1 Å². The van der Waals surface area contributed by atoms with Crippen molar-refractivity contribution in [3.8, 4) is 0 Å². The quantitative estimate of drug-likeness (QED) is 0.901. The molecule has 1 aromatic heterocycles. The lowest BCUT2D eigenvalue weighted by Crippen LogP contribution is -2.18. The molecule has 0 aliphatic carbocycles. The summed E-state index contributed by atoms with van der Waals surface area (Å²) < 4.78 is 0.980. The number of halogens is 1. The first kappa shape index (κ1) is 13.5. The molecule has 1 amide bonds. The third-order valence-corrected chi connectivity index (χ3v) is 3.49. The predicted octanol–water partition coefficient (Wildman–Crippen LogP) is 1.82. The summed E-state index contributed by atoms with van der Waals surface area (Å²) in [4.78, 5) is 19.6. The average Bonchev–Trinajstić information content (AvgIpc) is 2.30. The van der Waals surface area contributed by atoms with Gasteiger partial charge in [0.1, 0.15) is 17.2 Å². The van der Waals surface area contributed by atoms with Crippen molar-refractivity contribution in [1.29, 1.82) is 0 Å². The monoisotopic (exact) mass is 320 g/mol. The minimum atomic E-state index is -0.609. The number of benzene rings is 1. The van der Waals surface area contributed by atoms with Crippen molar-refractivity contribution < 1.29 is 4.79 Å². The molecule has 0 saturated heterocycles. The molecule has 2 aromatic rings. The molecule has 6 heteroatoms. The second-order valence-corrected chi connectivity index (χ2v) is 4.97. The zero-order valence-electron chi connectivity index (χ0n) is 10.4. The average molecular weight is 321 g/mol. The summed E-state index contributed by atoms with van der Waals surface area (Å²) in [5.41, 5.74) is 12.7. The maximum absolute atomic E-state index is 11.2. The zero-order valence-corrected chi connectivity index (χ0v) is 11.9. The lowest BCUT2D eigenvalue weighted by atomic mass is 10.1. The second-order valence-electron chi connectivity index (χ2n) is 4.12. The van der Waals surface area contributed by atoms with E-state index >= 15 is 0 Å². The SMILES string of the molecule is Cc1nc(Cc2ccccc2Br)nc(N)c1C(N)=O. The molecule has 0 aliphatic rings. The fourth-order valence-corrected chi connectivity index (χ4v) is 2.28. The number of rotatable bonds is 3. The number of carbonyl (C=O) groups excluding carboxylic acids is 1. The van der Waals surface area contributed by atoms with E-state index in [-0.39, 0.29) is 11.4 Å². The number of nitrogens with zero attached hydrogens (tertiary/aromatic N) is 2. The fraction of sp³-hybridized carbons (Fsp3) is 0.154. The highest BCUT2D eigenvalue weighted by Crippen LogP contribution is 2.20. The summed E-state index contributed by atoms with van der Waals surface area (Å²) in [5, 5.41) is 0. The van der Waals surface area contributed by atoms with Gasteiger partial charge in [-0.2, -0.15) is 0 Å². The number of carbonyl (C=O) groups is 1. The van der Waals surface area contributed by atoms with Gasteiger partial charge in [0.15, 0.2) is 0 Å². The molecule has 98 valence electrons. The van der Waals surface area contributed by atoms with Gasteiger partial charge in [0.05, 0.1) is 5.69 Å². The first-order valence-electron chi connectivity index (χ1n) is 5.65. The maximum atomic E-state index is 11.2. The molecule has 5 nitrogen and oxygen atoms in total. The molecule has 1 heterocycles. The Labute approximate surface area is 119 Å². The van der Waals surface area contributed by atoms with Crippen molar-refractivity contribution in [3.05, 3.63) is 51.4 Å². The molecule has 4 N–H and O–H groups in total. The highest BCUT2D eigenvalue weighted by atomic mass is 79.9. The fourth-order valence-electron chi connectivity index (χ4n) is 1.85. The number of anilines is 1. The van der Waals surface area contributed by atoms with Gasteiger partial charge in [-0.15, -0.1) is 0 Å². The minimum Gasteiger partial charge on any atom is -0.383 e. The van der Waals surface area contributed by atoms with Gasteiger partial charge in [-0.3, -0.25) is 4.79 Å². The summed E-state index contributed by atoms with van der Waals surface area (Å²) in [7, 11) is 0. The van der Waals surface area contributed by atoms with Crippen LogP contribution in [0.1, 0.15) is 27.4 Å². The molecule has 0 spiro atoms. The summed E-state index contributed by atoms with van der Waals surface area (Å²) in [6.07, 6.45) is 0.533. The van der Waals surface area contributed by atoms with Crippen molar-refractivity contribution in [2.24, 2.45) is 5.73 Å². The second kappa shape index (κ2) is 5.36. The summed E-state index contributed by atoms with van der Waals surface area (Å²) in [6.45, 7) is 1.70. The third-order valence-electron chi connectivity index (χ3n) is 2.72. The Bertz CT molecular complexity index is 619.